The fraction of sp³-hybridized carbons (Fsp3) is 0.214. The van der Waals surface area contributed by atoms with Crippen molar-refractivity contribution in [2.45, 2.75) is 13.5 Å². The molecule has 1 aromatic heterocycles. The van der Waals surface area contributed by atoms with Crippen LogP contribution in [-0.2, 0) is 6.54 Å². The Labute approximate surface area is 121 Å². The fourth-order valence-electron chi connectivity index (χ4n) is 1.63. The largest absolute Gasteiger partial charge is 0.481 e. The molecule has 0 fully saturated rings. The lowest BCUT2D eigenvalue weighted by molar-refractivity contribution is 0.397. The third-order valence-corrected chi connectivity index (χ3v) is 3.93. The summed E-state index contributed by atoms with van der Waals surface area (Å²) in [5, 5.41) is 3.42. The van der Waals surface area contributed by atoms with Crippen LogP contribution in [0.1, 0.15) is 11.1 Å². The van der Waals surface area contributed by atoms with Gasteiger partial charge in [-0.2, -0.15) is 0 Å². The highest BCUT2D eigenvalue weighted by atomic mass is 127. The van der Waals surface area contributed by atoms with E-state index in [1.54, 1.807) is 7.11 Å². The van der Waals surface area contributed by atoms with Crippen molar-refractivity contribution in [1.82, 2.24) is 4.98 Å². The molecule has 1 aromatic carbocycles. The quantitative estimate of drug-likeness (QED) is 0.852. The van der Waals surface area contributed by atoms with E-state index in [1.165, 1.54) is 9.13 Å². The van der Waals surface area contributed by atoms with Crippen molar-refractivity contribution in [3.8, 4) is 5.88 Å². The van der Waals surface area contributed by atoms with Crippen LogP contribution in [0.5, 0.6) is 5.88 Å². The van der Waals surface area contributed by atoms with Crippen LogP contribution in [0.2, 0.25) is 0 Å². The molecule has 0 radical (unpaired) electrons. The first-order valence-electron chi connectivity index (χ1n) is 5.68. The fourth-order valence-corrected chi connectivity index (χ4v) is 2.13. The number of rotatable bonds is 4. The Kier molecular flexibility index (Phi) is 4.41. The average Bonchev–Trinajstić information content (AvgIpc) is 2.41. The molecular formula is C14H15IN2O. The maximum Gasteiger partial charge on any atom is 0.212 e. The van der Waals surface area contributed by atoms with Gasteiger partial charge in [0, 0.05) is 28.1 Å². The Morgan fingerprint density at radius 2 is 2.11 bits per heavy atom. The smallest absolute Gasteiger partial charge is 0.212 e. The highest BCUT2D eigenvalue weighted by molar-refractivity contribution is 14.1. The van der Waals surface area contributed by atoms with Crippen molar-refractivity contribution in [2.24, 2.45) is 0 Å². The lowest BCUT2D eigenvalue weighted by Gasteiger charge is -2.10. The van der Waals surface area contributed by atoms with Gasteiger partial charge in [-0.3, -0.25) is 0 Å². The Bertz CT molecular complexity index is 526. The summed E-state index contributed by atoms with van der Waals surface area (Å²) < 4.78 is 6.30. The number of ether oxygens (including phenoxy) is 1. The normalized spacial score (nSPS) is 10.2. The monoisotopic (exact) mass is 354 g/mol. The highest BCUT2D eigenvalue weighted by Gasteiger charge is 2.01. The highest BCUT2D eigenvalue weighted by Crippen LogP contribution is 2.21. The van der Waals surface area contributed by atoms with Gasteiger partial charge in [-0.15, -0.1) is 0 Å². The molecule has 0 aliphatic rings. The van der Waals surface area contributed by atoms with Gasteiger partial charge < -0.3 is 10.1 Å². The van der Waals surface area contributed by atoms with Gasteiger partial charge in [-0.25, -0.2) is 4.98 Å². The number of hydrogen-bond donors (Lipinski definition) is 1. The summed E-state index contributed by atoms with van der Waals surface area (Å²) in [4.78, 5) is 4.19. The van der Waals surface area contributed by atoms with Crippen molar-refractivity contribution >= 4 is 28.3 Å². The van der Waals surface area contributed by atoms with Gasteiger partial charge in [0.05, 0.1) is 7.11 Å². The maximum absolute atomic E-state index is 5.03. The Morgan fingerprint density at radius 1 is 1.28 bits per heavy atom. The lowest BCUT2D eigenvalue weighted by atomic mass is 10.2. The van der Waals surface area contributed by atoms with Crippen LogP contribution >= 0.6 is 22.6 Å². The van der Waals surface area contributed by atoms with Crippen LogP contribution in [0.3, 0.4) is 0 Å². The summed E-state index contributed by atoms with van der Waals surface area (Å²) in [6.07, 6.45) is 1.83. The minimum Gasteiger partial charge on any atom is -0.481 e. The van der Waals surface area contributed by atoms with Crippen molar-refractivity contribution < 1.29 is 4.74 Å². The van der Waals surface area contributed by atoms with Gasteiger partial charge >= 0.3 is 0 Å². The van der Waals surface area contributed by atoms with E-state index in [9.17, 15) is 0 Å². The Balaban J connectivity index is 2.04. The van der Waals surface area contributed by atoms with E-state index in [-0.39, 0.29) is 0 Å². The first kappa shape index (κ1) is 13.1. The second kappa shape index (κ2) is 6.04. The first-order chi connectivity index (χ1) is 8.70. The molecule has 0 aliphatic heterocycles. The van der Waals surface area contributed by atoms with Crippen molar-refractivity contribution in [3.63, 3.8) is 0 Å². The molecule has 0 spiro atoms. The van der Waals surface area contributed by atoms with Crippen LogP contribution in [0, 0.1) is 10.5 Å². The summed E-state index contributed by atoms with van der Waals surface area (Å²) >= 11 is 2.34. The molecule has 94 valence electrons. The minimum absolute atomic E-state index is 0.643. The van der Waals surface area contributed by atoms with Gasteiger partial charge in [0.2, 0.25) is 5.88 Å². The molecule has 3 nitrogen and oxygen atoms in total. The maximum atomic E-state index is 5.03. The van der Waals surface area contributed by atoms with Crippen molar-refractivity contribution in [3.05, 3.63) is 51.2 Å². The number of pyridine rings is 1. The molecule has 0 saturated carbocycles. The molecular weight excluding hydrogens is 339 g/mol. The van der Waals surface area contributed by atoms with E-state index in [2.05, 4.69) is 58.0 Å². The van der Waals surface area contributed by atoms with Crippen LogP contribution in [0.4, 0.5) is 5.69 Å². The number of methoxy groups -OCH3 is 1. The zero-order chi connectivity index (χ0) is 13.0. The summed E-state index contributed by atoms with van der Waals surface area (Å²) in [6, 6.07) is 10.1. The molecule has 2 aromatic rings. The third-order valence-electron chi connectivity index (χ3n) is 2.76. The standard InChI is InChI=1S/C14H15IN2O/c1-10-12(15)4-3-5-13(10)16-8-11-6-7-14(18-2)17-9-11/h3-7,9,16H,8H2,1-2H3. The molecule has 4 heteroatoms. The molecule has 1 heterocycles. The van der Waals surface area contributed by atoms with Gasteiger partial charge in [0.1, 0.15) is 0 Å². The van der Waals surface area contributed by atoms with Crippen LogP contribution in [0.25, 0.3) is 0 Å². The van der Waals surface area contributed by atoms with Gasteiger partial charge in [-0.1, -0.05) is 12.1 Å². The predicted molar refractivity (Wildman–Crippen MR) is 82.0 cm³/mol. The second-order valence-corrected chi connectivity index (χ2v) is 5.14. The summed E-state index contributed by atoms with van der Waals surface area (Å²) in [6.45, 7) is 2.88. The molecule has 0 unspecified atom stereocenters. The number of nitrogens with one attached hydrogen (secondary N) is 1. The topological polar surface area (TPSA) is 34.1 Å². The Morgan fingerprint density at radius 3 is 2.78 bits per heavy atom. The number of nitrogens with zero attached hydrogens (tertiary/aromatic N) is 1. The van der Waals surface area contributed by atoms with Crippen molar-refractivity contribution in [1.29, 1.82) is 0 Å². The summed E-state index contributed by atoms with van der Waals surface area (Å²) in [5.41, 5.74) is 3.58. The van der Waals surface area contributed by atoms with Crippen LogP contribution < -0.4 is 10.1 Å². The second-order valence-electron chi connectivity index (χ2n) is 3.97. The SMILES string of the molecule is COc1ccc(CNc2cccc(I)c2C)cn1. The van der Waals surface area contributed by atoms with E-state index in [4.69, 9.17) is 4.74 Å². The number of benzene rings is 1. The van der Waals surface area contributed by atoms with E-state index in [0.29, 0.717) is 5.88 Å². The van der Waals surface area contributed by atoms with Gasteiger partial charge in [0.15, 0.2) is 0 Å². The zero-order valence-electron chi connectivity index (χ0n) is 10.4. The van der Waals surface area contributed by atoms with Crippen LogP contribution in [-0.4, -0.2) is 12.1 Å². The number of aromatic nitrogens is 1. The van der Waals surface area contributed by atoms with Crippen LogP contribution in [0.15, 0.2) is 36.5 Å². The summed E-state index contributed by atoms with van der Waals surface area (Å²) in [7, 11) is 1.62. The zero-order valence-corrected chi connectivity index (χ0v) is 12.6. The van der Waals surface area contributed by atoms with Gasteiger partial charge in [0.25, 0.3) is 0 Å². The van der Waals surface area contributed by atoms with Crippen molar-refractivity contribution in [2.75, 3.05) is 12.4 Å². The first-order valence-corrected chi connectivity index (χ1v) is 6.76. The average molecular weight is 354 g/mol. The van der Waals surface area contributed by atoms with Gasteiger partial charge in [-0.05, 0) is 52.8 Å². The van der Waals surface area contributed by atoms with E-state index in [1.807, 2.05) is 18.3 Å². The molecule has 0 atom stereocenters. The number of hydrogen-bond acceptors (Lipinski definition) is 3. The number of halogens is 1. The molecule has 0 bridgehead atoms. The van der Waals surface area contributed by atoms with E-state index >= 15 is 0 Å². The minimum atomic E-state index is 0.643. The number of anilines is 1. The predicted octanol–water partition coefficient (Wildman–Crippen LogP) is 3.62. The summed E-state index contributed by atoms with van der Waals surface area (Å²) in [5.74, 6) is 0.643. The molecule has 0 aliphatic carbocycles. The third kappa shape index (κ3) is 3.13. The molecule has 1 N–H and O–H groups in total. The molecule has 2 rings (SSSR count). The molecule has 0 saturated heterocycles. The van der Waals surface area contributed by atoms with E-state index < -0.39 is 0 Å². The molecule has 0 amide bonds. The Hall–Kier alpha value is -1.30. The molecule has 18 heavy (non-hydrogen) atoms. The van der Waals surface area contributed by atoms with E-state index in [0.717, 1.165) is 17.8 Å². The lowest BCUT2D eigenvalue weighted by Crippen LogP contribution is -2.02.